The van der Waals surface area contributed by atoms with Crippen LogP contribution in [0.25, 0.3) is 0 Å². The number of esters is 1. The van der Waals surface area contributed by atoms with Crippen LogP contribution in [0.5, 0.6) is 0 Å². The molecule has 4 heteroatoms. The summed E-state index contributed by atoms with van der Waals surface area (Å²) in [5, 5.41) is 3.54. The van der Waals surface area contributed by atoms with Gasteiger partial charge >= 0.3 is 5.97 Å². The van der Waals surface area contributed by atoms with E-state index in [9.17, 15) is 4.79 Å². The van der Waals surface area contributed by atoms with Crippen LogP contribution in [0.2, 0.25) is 0 Å². The van der Waals surface area contributed by atoms with E-state index in [4.69, 9.17) is 4.74 Å². The van der Waals surface area contributed by atoms with Crippen molar-refractivity contribution in [1.82, 2.24) is 5.32 Å². The van der Waals surface area contributed by atoms with Crippen molar-refractivity contribution in [2.24, 2.45) is 0 Å². The Hall–Kier alpha value is -0.220. The third kappa shape index (κ3) is 5.21. The van der Waals surface area contributed by atoms with Gasteiger partial charge in [-0.2, -0.15) is 11.8 Å². The number of hydrogen-bond donors (Lipinski definition) is 1. The predicted octanol–water partition coefficient (Wildman–Crippen LogP) is 2.45. The van der Waals surface area contributed by atoms with Crippen LogP contribution >= 0.6 is 11.8 Å². The van der Waals surface area contributed by atoms with Gasteiger partial charge in [-0.15, -0.1) is 0 Å². The monoisotopic (exact) mass is 247 g/mol. The molecule has 0 radical (unpaired) electrons. The molecule has 0 saturated carbocycles. The van der Waals surface area contributed by atoms with Crippen molar-refractivity contribution in [2.75, 3.05) is 19.4 Å². The van der Waals surface area contributed by atoms with Crippen molar-refractivity contribution >= 4 is 17.7 Å². The van der Waals surface area contributed by atoms with Crippen LogP contribution in [0, 0.1) is 0 Å². The fraction of sp³-hybridized carbons (Fsp3) is 0.917. The predicted molar refractivity (Wildman–Crippen MR) is 70.9 cm³/mol. The van der Waals surface area contributed by atoms with Gasteiger partial charge in [0, 0.05) is 5.25 Å². The second-order valence-corrected chi connectivity index (χ2v) is 5.73. The first-order chi connectivity index (χ1) is 7.50. The summed E-state index contributed by atoms with van der Waals surface area (Å²) in [4.78, 5) is 11.8. The lowest BCUT2D eigenvalue weighted by molar-refractivity contribution is -0.150. The van der Waals surface area contributed by atoms with E-state index in [0.717, 1.165) is 12.2 Å². The Bertz CT molecular complexity index is 211. The summed E-state index contributed by atoms with van der Waals surface area (Å²) in [6.45, 7) is 8.52. The van der Waals surface area contributed by atoms with E-state index in [2.05, 4.69) is 19.2 Å². The molecule has 0 rings (SSSR count). The van der Waals surface area contributed by atoms with Crippen molar-refractivity contribution in [3.05, 3.63) is 0 Å². The molecule has 0 aromatic heterocycles. The lowest BCUT2D eigenvalue weighted by Crippen LogP contribution is -2.50. The molecule has 0 bridgehead atoms. The summed E-state index contributed by atoms with van der Waals surface area (Å²) < 4.78 is 5.09. The van der Waals surface area contributed by atoms with E-state index in [1.807, 2.05) is 32.7 Å². The zero-order valence-electron chi connectivity index (χ0n) is 11.1. The Balaban J connectivity index is 4.29. The number of carbonyl (C=O) groups excluding carboxylic acids is 1. The number of nitrogens with one attached hydrogen (secondary N) is 1. The SMILES string of the molecule is CCCSC(C)CC(C)(NC)C(=O)OCC. The zero-order chi connectivity index (χ0) is 12.6. The highest BCUT2D eigenvalue weighted by atomic mass is 32.2. The third-order valence-corrected chi connectivity index (χ3v) is 3.96. The molecule has 0 saturated heterocycles. The van der Waals surface area contributed by atoms with Gasteiger partial charge in [0.2, 0.25) is 0 Å². The second-order valence-electron chi connectivity index (χ2n) is 4.19. The van der Waals surface area contributed by atoms with Crippen LogP contribution in [-0.2, 0) is 9.53 Å². The Morgan fingerprint density at radius 1 is 1.50 bits per heavy atom. The first kappa shape index (κ1) is 15.8. The van der Waals surface area contributed by atoms with Crippen molar-refractivity contribution < 1.29 is 9.53 Å². The van der Waals surface area contributed by atoms with Crippen LogP contribution in [0.3, 0.4) is 0 Å². The van der Waals surface area contributed by atoms with E-state index in [-0.39, 0.29) is 5.97 Å². The van der Waals surface area contributed by atoms with Crippen molar-refractivity contribution in [2.45, 2.75) is 51.3 Å². The number of rotatable bonds is 8. The first-order valence-electron chi connectivity index (χ1n) is 5.97. The molecule has 0 aromatic rings. The fourth-order valence-corrected chi connectivity index (χ4v) is 2.62. The summed E-state index contributed by atoms with van der Waals surface area (Å²) >= 11 is 1.91. The quantitative estimate of drug-likeness (QED) is 0.669. The van der Waals surface area contributed by atoms with Gasteiger partial charge in [0.15, 0.2) is 0 Å². The van der Waals surface area contributed by atoms with E-state index in [1.54, 1.807) is 0 Å². The summed E-state index contributed by atoms with van der Waals surface area (Å²) in [5.41, 5.74) is -0.559. The van der Waals surface area contributed by atoms with Gasteiger partial charge in [0.05, 0.1) is 6.61 Å². The summed E-state index contributed by atoms with van der Waals surface area (Å²) in [7, 11) is 1.81. The van der Waals surface area contributed by atoms with Gasteiger partial charge < -0.3 is 10.1 Å². The molecular formula is C12H25NO2S. The molecule has 0 aliphatic heterocycles. The molecule has 0 fully saturated rings. The Morgan fingerprint density at radius 3 is 2.56 bits per heavy atom. The molecule has 2 atom stereocenters. The minimum Gasteiger partial charge on any atom is -0.465 e. The van der Waals surface area contributed by atoms with E-state index in [0.29, 0.717) is 11.9 Å². The maximum atomic E-state index is 11.8. The molecule has 3 nitrogen and oxygen atoms in total. The molecule has 96 valence electrons. The van der Waals surface area contributed by atoms with Crippen LogP contribution in [-0.4, -0.2) is 36.2 Å². The van der Waals surface area contributed by atoms with Gasteiger partial charge in [0.1, 0.15) is 5.54 Å². The van der Waals surface area contributed by atoms with Crippen LogP contribution in [0.15, 0.2) is 0 Å². The average Bonchev–Trinajstić information content (AvgIpc) is 2.26. The minimum atomic E-state index is -0.559. The van der Waals surface area contributed by atoms with Crippen molar-refractivity contribution in [3.63, 3.8) is 0 Å². The van der Waals surface area contributed by atoms with Gasteiger partial charge in [-0.1, -0.05) is 13.8 Å². The number of thioether (sulfide) groups is 1. The lowest BCUT2D eigenvalue weighted by atomic mass is 9.96. The number of carbonyl (C=O) groups is 1. The molecule has 0 aliphatic carbocycles. The molecule has 0 heterocycles. The van der Waals surface area contributed by atoms with Crippen LogP contribution < -0.4 is 5.32 Å². The van der Waals surface area contributed by atoms with E-state index >= 15 is 0 Å². The number of hydrogen-bond acceptors (Lipinski definition) is 4. The Morgan fingerprint density at radius 2 is 2.12 bits per heavy atom. The van der Waals surface area contributed by atoms with E-state index in [1.165, 1.54) is 6.42 Å². The van der Waals surface area contributed by atoms with Gasteiger partial charge in [-0.25, -0.2) is 0 Å². The fourth-order valence-electron chi connectivity index (χ4n) is 1.53. The number of likely N-dealkylation sites (N-methyl/N-ethyl adjacent to an activating group) is 1. The summed E-state index contributed by atoms with van der Waals surface area (Å²) in [6.07, 6.45) is 1.97. The lowest BCUT2D eigenvalue weighted by Gasteiger charge is -2.29. The Labute approximate surface area is 104 Å². The van der Waals surface area contributed by atoms with Gasteiger partial charge in [-0.3, -0.25) is 4.79 Å². The first-order valence-corrected chi connectivity index (χ1v) is 7.02. The average molecular weight is 247 g/mol. The molecule has 0 aromatic carbocycles. The number of ether oxygens (including phenoxy) is 1. The highest BCUT2D eigenvalue weighted by molar-refractivity contribution is 7.99. The van der Waals surface area contributed by atoms with E-state index < -0.39 is 5.54 Å². The maximum Gasteiger partial charge on any atom is 0.326 e. The molecular weight excluding hydrogens is 222 g/mol. The summed E-state index contributed by atoms with van der Waals surface area (Å²) in [5.74, 6) is 0.991. The molecule has 0 spiro atoms. The second kappa shape index (κ2) is 7.96. The van der Waals surface area contributed by atoms with Crippen molar-refractivity contribution in [1.29, 1.82) is 0 Å². The molecule has 0 aliphatic rings. The Kier molecular flexibility index (Phi) is 7.85. The highest BCUT2D eigenvalue weighted by Crippen LogP contribution is 2.23. The molecule has 1 N–H and O–H groups in total. The maximum absolute atomic E-state index is 11.8. The van der Waals surface area contributed by atoms with Crippen LogP contribution in [0.1, 0.15) is 40.5 Å². The molecule has 0 amide bonds. The van der Waals surface area contributed by atoms with Crippen LogP contribution in [0.4, 0.5) is 0 Å². The largest absolute Gasteiger partial charge is 0.465 e. The van der Waals surface area contributed by atoms with Gasteiger partial charge in [-0.05, 0) is 39.5 Å². The third-order valence-electron chi connectivity index (χ3n) is 2.58. The molecule has 16 heavy (non-hydrogen) atoms. The van der Waals surface area contributed by atoms with Crippen molar-refractivity contribution in [3.8, 4) is 0 Å². The topological polar surface area (TPSA) is 38.3 Å². The standard InChI is InChI=1S/C12H25NO2S/c1-6-8-16-10(3)9-12(4,13-5)11(14)15-7-2/h10,13H,6-9H2,1-5H3. The normalized spacial score (nSPS) is 16.6. The molecule has 2 unspecified atom stereocenters. The van der Waals surface area contributed by atoms with Gasteiger partial charge in [0.25, 0.3) is 0 Å². The highest BCUT2D eigenvalue weighted by Gasteiger charge is 2.34. The zero-order valence-corrected chi connectivity index (χ0v) is 11.9. The smallest absolute Gasteiger partial charge is 0.326 e. The summed E-state index contributed by atoms with van der Waals surface area (Å²) in [6, 6.07) is 0. The minimum absolute atomic E-state index is 0.151.